The van der Waals surface area contributed by atoms with Gasteiger partial charge in [0.15, 0.2) is 9.84 Å². The minimum Gasteiger partial charge on any atom is -0.491 e. The van der Waals surface area contributed by atoms with E-state index in [9.17, 15) is 16.8 Å². The summed E-state index contributed by atoms with van der Waals surface area (Å²) in [6.45, 7) is 4.05. The summed E-state index contributed by atoms with van der Waals surface area (Å²) in [5.74, 6) is 0.610. The maximum atomic E-state index is 14.4. The van der Waals surface area contributed by atoms with Crippen molar-refractivity contribution in [3.05, 3.63) is 87.4 Å². The molecule has 0 radical (unpaired) electrons. The summed E-state index contributed by atoms with van der Waals surface area (Å²) < 4.78 is 67.1. The first-order chi connectivity index (χ1) is 20.1. The van der Waals surface area contributed by atoms with E-state index in [1.807, 2.05) is 19.1 Å². The van der Waals surface area contributed by atoms with Crippen molar-refractivity contribution in [3.8, 4) is 5.75 Å². The van der Waals surface area contributed by atoms with Crippen molar-refractivity contribution in [2.45, 2.75) is 61.5 Å². The summed E-state index contributed by atoms with van der Waals surface area (Å²) in [6.07, 6.45) is 2.25. The predicted molar refractivity (Wildman–Crippen MR) is 163 cm³/mol. The number of hydrogen-bond acceptors (Lipinski definition) is 7. The molecule has 1 atom stereocenters. The number of nitrogens with one attached hydrogen (secondary N) is 1. The van der Waals surface area contributed by atoms with Crippen LogP contribution >= 0.6 is 11.6 Å². The van der Waals surface area contributed by atoms with Crippen LogP contribution in [0.4, 0.5) is 0 Å². The van der Waals surface area contributed by atoms with Gasteiger partial charge < -0.3 is 14.8 Å². The van der Waals surface area contributed by atoms with Crippen molar-refractivity contribution in [2.75, 3.05) is 32.6 Å². The van der Waals surface area contributed by atoms with Gasteiger partial charge in [-0.15, -0.1) is 0 Å². The maximum Gasteiger partial charge on any atom is 0.243 e. The lowest BCUT2D eigenvalue weighted by Crippen LogP contribution is -2.40. The predicted octanol–water partition coefficient (Wildman–Crippen LogP) is 4.55. The first kappa shape index (κ1) is 31.0. The van der Waals surface area contributed by atoms with Gasteiger partial charge in [-0.05, 0) is 96.9 Å². The van der Waals surface area contributed by atoms with E-state index >= 15 is 0 Å². The van der Waals surface area contributed by atoms with E-state index in [2.05, 4.69) is 5.32 Å². The van der Waals surface area contributed by atoms with Crippen LogP contribution in [-0.4, -0.2) is 59.8 Å². The molecule has 1 aliphatic heterocycles. The number of methoxy groups -OCH3 is 1. The topological polar surface area (TPSA) is 102 Å². The molecule has 5 rings (SSSR count). The molecular formula is C31H37ClN2O6S2. The Kier molecular flexibility index (Phi) is 9.61. The van der Waals surface area contributed by atoms with Gasteiger partial charge in [0.05, 0.1) is 22.2 Å². The van der Waals surface area contributed by atoms with Gasteiger partial charge in [-0.2, -0.15) is 4.31 Å². The molecule has 0 saturated heterocycles. The molecule has 0 amide bonds. The summed E-state index contributed by atoms with van der Waals surface area (Å²) in [7, 11) is -5.78. The van der Waals surface area contributed by atoms with Crippen molar-refractivity contribution in [1.82, 2.24) is 9.62 Å². The monoisotopic (exact) mass is 632 g/mol. The van der Waals surface area contributed by atoms with Crippen LogP contribution in [0.15, 0.2) is 64.4 Å². The van der Waals surface area contributed by atoms with Gasteiger partial charge in [0, 0.05) is 36.8 Å². The van der Waals surface area contributed by atoms with Gasteiger partial charge in [0.2, 0.25) is 10.0 Å². The molecule has 1 N–H and O–H groups in total. The van der Waals surface area contributed by atoms with E-state index < -0.39 is 25.9 Å². The number of sulfonamides is 1. The Balaban J connectivity index is 1.53. The molecule has 3 aromatic rings. The van der Waals surface area contributed by atoms with Gasteiger partial charge in [0.25, 0.3) is 0 Å². The number of ether oxygens (including phenoxy) is 2. The first-order valence-corrected chi connectivity index (χ1v) is 17.7. The average molecular weight is 633 g/mol. The minimum atomic E-state index is -3.97. The van der Waals surface area contributed by atoms with E-state index in [4.69, 9.17) is 21.1 Å². The fraction of sp³-hybridized carbons (Fsp3) is 0.419. The van der Waals surface area contributed by atoms with Crippen molar-refractivity contribution in [2.24, 2.45) is 0 Å². The molecule has 226 valence electrons. The Labute approximate surface area is 254 Å². The molecule has 1 heterocycles. The zero-order valence-corrected chi connectivity index (χ0v) is 26.3. The highest BCUT2D eigenvalue weighted by Gasteiger charge is 2.37. The second-order valence-corrected chi connectivity index (χ2v) is 15.2. The van der Waals surface area contributed by atoms with Gasteiger partial charge in [-0.25, -0.2) is 16.8 Å². The van der Waals surface area contributed by atoms with Crippen molar-refractivity contribution in [3.63, 3.8) is 0 Å². The number of sulfone groups is 1. The normalized spacial score (nSPS) is 16.8. The zero-order valence-electron chi connectivity index (χ0n) is 23.9. The van der Waals surface area contributed by atoms with Crippen molar-refractivity contribution >= 4 is 31.5 Å². The number of nitrogens with zero attached hydrogens (tertiary/aromatic N) is 1. The molecule has 11 heteroatoms. The summed E-state index contributed by atoms with van der Waals surface area (Å²) in [6, 6.07) is 15.3. The Morgan fingerprint density at radius 3 is 2.43 bits per heavy atom. The molecule has 42 heavy (non-hydrogen) atoms. The van der Waals surface area contributed by atoms with Crippen LogP contribution in [0.25, 0.3) is 0 Å². The number of fused-ring (bicyclic) bond motifs is 2. The fourth-order valence-corrected chi connectivity index (χ4v) is 8.95. The van der Waals surface area contributed by atoms with Gasteiger partial charge in [-0.1, -0.05) is 30.7 Å². The third kappa shape index (κ3) is 6.69. The highest BCUT2D eigenvalue weighted by molar-refractivity contribution is 7.91. The quantitative estimate of drug-likeness (QED) is 0.292. The molecule has 0 spiro atoms. The summed E-state index contributed by atoms with van der Waals surface area (Å²) >= 11 is 6.38. The summed E-state index contributed by atoms with van der Waals surface area (Å²) in [5.41, 5.74) is 4.58. The number of halogens is 1. The van der Waals surface area contributed by atoms with Crippen LogP contribution in [0.1, 0.15) is 41.2 Å². The lowest BCUT2D eigenvalue weighted by Gasteiger charge is -2.29. The van der Waals surface area contributed by atoms with E-state index in [-0.39, 0.29) is 22.1 Å². The molecule has 0 saturated carbocycles. The smallest absolute Gasteiger partial charge is 0.243 e. The molecule has 1 aliphatic carbocycles. The third-order valence-electron chi connectivity index (χ3n) is 7.89. The Hall–Kier alpha value is -2.47. The molecule has 0 fully saturated rings. The molecule has 8 nitrogen and oxygen atoms in total. The van der Waals surface area contributed by atoms with E-state index in [0.717, 1.165) is 35.2 Å². The van der Waals surface area contributed by atoms with E-state index in [1.165, 1.54) is 4.31 Å². The molecular weight excluding hydrogens is 596 g/mol. The average Bonchev–Trinajstić information content (AvgIpc) is 3.39. The summed E-state index contributed by atoms with van der Waals surface area (Å²) in [5, 5.41) is 3.79. The lowest BCUT2D eigenvalue weighted by molar-refractivity contribution is 0.145. The highest BCUT2D eigenvalue weighted by atomic mass is 35.5. The molecule has 1 unspecified atom stereocenters. The second kappa shape index (κ2) is 13.0. The Bertz CT molecular complexity index is 1660. The highest BCUT2D eigenvalue weighted by Crippen LogP contribution is 2.35. The van der Waals surface area contributed by atoms with Crippen LogP contribution in [0.2, 0.25) is 5.02 Å². The Morgan fingerprint density at radius 2 is 1.64 bits per heavy atom. The standard InChI is InChI=1S/C31H37ClN2O6S2/c1-3-14-41(35,36)29-7-5-23-16-28(17-24(23)18-29)34(21-26-15-27(32)6-9-31(26)40-13-12-39-2)42(37,38)30-8-4-22-10-11-33-20-25(22)19-30/h4-9,15,18-19,28,33H,3,10-14,16-17,20-21H2,1-2H3. The fourth-order valence-electron chi connectivity index (χ4n) is 5.73. The van der Waals surface area contributed by atoms with Crippen LogP contribution in [0, 0.1) is 0 Å². The van der Waals surface area contributed by atoms with Gasteiger partial charge in [0.1, 0.15) is 12.4 Å². The van der Waals surface area contributed by atoms with Crippen molar-refractivity contribution in [1.29, 1.82) is 0 Å². The largest absolute Gasteiger partial charge is 0.491 e. The second-order valence-electron chi connectivity index (χ2n) is 10.8. The van der Waals surface area contributed by atoms with Crippen LogP contribution in [0.3, 0.4) is 0 Å². The third-order valence-corrected chi connectivity index (χ3v) is 11.9. The summed E-state index contributed by atoms with van der Waals surface area (Å²) in [4.78, 5) is 0.514. The van der Waals surface area contributed by atoms with Crippen LogP contribution < -0.4 is 10.1 Å². The van der Waals surface area contributed by atoms with Crippen LogP contribution in [0.5, 0.6) is 5.75 Å². The van der Waals surface area contributed by atoms with E-state index in [1.54, 1.807) is 49.6 Å². The zero-order chi connectivity index (χ0) is 29.9. The van der Waals surface area contributed by atoms with E-state index in [0.29, 0.717) is 55.4 Å². The maximum absolute atomic E-state index is 14.4. The molecule has 2 aliphatic rings. The number of hydrogen-bond donors (Lipinski definition) is 1. The van der Waals surface area contributed by atoms with Gasteiger partial charge in [-0.3, -0.25) is 0 Å². The lowest BCUT2D eigenvalue weighted by atomic mass is 10.0. The first-order valence-electron chi connectivity index (χ1n) is 14.2. The molecule has 0 bridgehead atoms. The minimum absolute atomic E-state index is 0.0419. The Morgan fingerprint density at radius 1 is 0.905 bits per heavy atom. The number of rotatable bonds is 12. The molecule has 0 aromatic heterocycles. The number of benzene rings is 3. The van der Waals surface area contributed by atoms with Crippen LogP contribution in [-0.2, 0) is 56.9 Å². The van der Waals surface area contributed by atoms with Gasteiger partial charge >= 0.3 is 0 Å². The molecule has 3 aromatic carbocycles. The SMILES string of the molecule is CCCS(=O)(=O)c1ccc2c(c1)CC(N(Cc1cc(Cl)ccc1OCCOC)S(=O)(=O)c1ccc3c(c1)CNCC3)C2. The van der Waals surface area contributed by atoms with Crippen molar-refractivity contribution < 1.29 is 26.3 Å².